The first-order valence-electron chi connectivity index (χ1n) is 4.92. The van der Waals surface area contributed by atoms with Crippen molar-refractivity contribution < 1.29 is 23.8 Å². The highest BCUT2D eigenvalue weighted by Gasteiger charge is 2.36. The van der Waals surface area contributed by atoms with Gasteiger partial charge in [0.25, 0.3) is 0 Å². The predicted molar refractivity (Wildman–Crippen MR) is 58.7 cm³/mol. The average Bonchev–Trinajstić information content (AvgIpc) is 2.18. The zero-order valence-corrected chi connectivity index (χ0v) is 10.7. The van der Waals surface area contributed by atoms with Gasteiger partial charge in [0, 0.05) is 13.8 Å². The molecule has 0 amide bonds. The first-order valence-corrected chi connectivity index (χ1v) is 5.84. The summed E-state index contributed by atoms with van der Waals surface area (Å²) in [4.78, 5) is 21.6. The van der Waals surface area contributed by atoms with Gasteiger partial charge in [-0.3, -0.25) is 9.59 Å². The molecule has 91 valence electrons. The minimum Gasteiger partial charge on any atom is -0.463 e. The van der Waals surface area contributed by atoms with E-state index in [1.165, 1.54) is 13.8 Å². The van der Waals surface area contributed by atoms with Crippen LogP contribution in [-0.2, 0) is 23.8 Å². The summed E-state index contributed by atoms with van der Waals surface area (Å²) in [5.74, 6) is -0.769. The second-order valence-electron chi connectivity index (χ2n) is 3.47. The van der Waals surface area contributed by atoms with Gasteiger partial charge in [0.15, 0.2) is 0 Å². The average molecular weight is 294 g/mol. The minimum absolute atomic E-state index is 0.0225. The lowest BCUT2D eigenvalue weighted by Crippen LogP contribution is -2.45. The van der Waals surface area contributed by atoms with E-state index in [-0.39, 0.29) is 23.4 Å². The maximum absolute atomic E-state index is 10.9. The molecule has 6 heteroatoms. The molecule has 0 aromatic heterocycles. The third-order valence-electron chi connectivity index (χ3n) is 2.07. The Morgan fingerprint density at radius 3 is 2.69 bits per heavy atom. The van der Waals surface area contributed by atoms with Crippen molar-refractivity contribution >= 4 is 27.9 Å². The Bertz CT molecular complexity index is 268. The highest BCUT2D eigenvalue weighted by atomic mass is 79.9. The molecule has 0 spiro atoms. The molecular weight excluding hydrogens is 280 g/mol. The van der Waals surface area contributed by atoms with Crippen LogP contribution in [0, 0.1) is 6.61 Å². The van der Waals surface area contributed by atoms with Crippen LogP contribution in [0.4, 0.5) is 0 Å². The maximum Gasteiger partial charge on any atom is 0.303 e. The van der Waals surface area contributed by atoms with E-state index in [4.69, 9.17) is 14.2 Å². The fourth-order valence-electron chi connectivity index (χ4n) is 1.39. The normalized spacial score (nSPS) is 29.6. The molecule has 1 aliphatic rings. The number of ether oxygens (including phenoxy) is 3. The van der Waals surface area contributed by atoms with Crippen molar-refractivity contribution in [2.24, 2.45) is 0 Å². The topological polar surface area (TPSA) is 61.8 Å². The predicted octanol–water partition coefficient (Wildman–Crippen LogP) is 1.20. The molecule has 0 aromatic carbocycles. The SMILES string of the molecule is CC(=O)OC[C@H]1O[CH]C[C@H](Br)[C@@H]1OC(C)=O. The fourth-order valence-corrected chi connectivity index (χ4v) is 1.99. The lowest BCUT2D eigenvalue weighted by Gasteiger charge is -2.33. The second kappa shape index (κ2) is 6.20. The third-order valence-corrected chi connectivity index (χ3v) is 2.96. The summed E-state index contributed by atoms with van der Waals surface area (Å²) in [5.41, 5.74) is 0. The van der Waals surface area contributed by atoms with Crippen LogP contribution in [0.3, 0.4) is 0 Å². The Morgan fingerprint density at radius 1 is 1.44 bits per heavy atom. The largest absolute Gasteiger partial charge is 0.463 e. The van der Waals surface area contributed by atoms with Crippen LogP contribution >= 0.6 is 15.9 Å². The van der Waals surface area contributed by atoms with Gasteiger partial charge < -0.3 is 14.2 Å². The van der Waals surface area contributed by atoms with Crippen LogP contribution in [-0.4, -0.2) is 35.6 Å². The van der Waals surface area contributed by atoms with Gasteiger partial charge in [-0.05, 0) is 6.42 Å². The van der Waals surface area contributed by atoms with Crippen molar-refractivity contribution in [3.8, 4) is 0 Å². The minimum atomic E-state index is -0.453. The second-order valence-corrected chi connectivity index (χ2v) is 4.65. The van der Waals surface area contributed by atoms with Crippen LogP contribution in [0.25, 0.3) is 0 Å². The van der Waals surface area contributed by atoms with Crippen LogP contribution in [0.5, 0.6) is 0 Å². The van der Waals surface area contributed by atoms with Crippen molar-refractivity contribution in [1.29, 1.82) is 0 Å². The van der Waals surface area contributed by atoms with Crippen molar-refractivity contribution in [3.63, 3.8) is 0 Å². The van der Waals surface area contributed by atoms with Crippen molar-refractivity contribution in [2.45, 2.75) is 37.3 Å². The van der Waals surface area contributed by atoms with Gasteiger partial charge in [0.1, 0.15) is 18.8 Å². The molecule has 1 fully saturated rings. The lowest BCUT2D eigenvalue weighted by atomic mass is 10.1. The van der Waals surface area contributed by atoms with Gasteiger partial charge in [-0.15, -0.1) is 0 Å². The van der Waals surface area contributed by atoms with Crippen LogP contribution in [0.2, 0.25) is 0 Å². The van der Waals surface area contributed by atoms with Gasteiger partial charge in [0.05, 0.1) is 11.4 Å². The molecule has 0 bridgehead atoms. The molecule has 1 heterocycles. The van der Waals surface area contributed by atoms with E-state index in [9.17, 15) is 9.59 Å². The molecule has 5 nitrogen and oxygen atoms in total. The van der Waals surface area contributed by atoms with Crippen molar-refractivity contribution in [2.75, 3.05) is 6.61 Å². The number of carbonyl (C=O) groups is 2. The fraction of sp³-hybridized carbons (Fsp3) is 0.700. The van der Waals surface area contributed by atoms with E-state index < -0.39 is 12.2 Å². The summed E-state index contributed by atoms with van der Waals surface area (Å²) in [5, 5.41) is 0. The molecule has 16 heavy (non-hydrogen) atoms. The van der Waals surface area contributed by atoms with Crippen LogP contribution in [0.1, 0.15) is 20.3 Å². The summed E-state index contributed by atoms with van der Waals surface area (Å²) in [7, 11) is 0. The molecule has 1 rings (SSSR count). The van der Waals surface area contributed by atoms with Gasteiger partial charge in [-0.25, -0.2) is 0 Å². The van der Waals surface area contributed by atoms with Gasteiger partial charge in [-0.1, -0.05) is 15.9 Å². The summed E-state index contributed by atoms with van der Waals surface area (Å²) in [6.07, 6.45) is -0.262. The Labute approximate surface area is 103 Å². The van der Waals surface area contributed by atoms with E-state index in [1.54, 1.807) is 6.61 Å². The molecule has 0 saturated carbocycles. The van der Waals surface area contributed by atoms with E-state index in [2.05, 4.69) is 15.9 Å². The van der Waals surface area contributed by atoms with E-state index in [0.717, 1.165) is 0 Å². The van der Waals surface area contributed by atoms with Gasteiger partial charge >= 0.3 is 11.9 Å². The zero-order chi connectivity index (χ0) is 12.1. The molecule has 1 saturated heterocycles. The van der Waals surface area contributed by atoms with E-state index in [1.807, 2.05) is 0 Å². The van der Waals surface area contributed by atoms with Crippen molar-refractivity contribution in [3.05, 3.63) is 6.61 Å². The van der Waals surface area contributed by atoms with Gasteiger partial charge in [-0.2, -0.15) is 0 Å². The number of esters is 2. The van der Waals surface area contributed by atoms with Crippen molar-refractivity contribution in [1.82, 2.24) is 0 Å². The zero-order valence-electron chi connectivity index (χ0n) is 9.14. The standard InChI is InChI=1S/C10H14BrO5/c1-6(12)15-5-9-10(16-7(2)13)8(11)3-4-14-9/h4,8-10H,3,5H2,1-2H3/t8-,9+,10-/m0/s1. The number of hydrogen-bond donors (Lipinski definition) is 0. The van der Waals surface area contributed by atoms with Crippen LogP contribution < -0.4 is 0 Å². The molecule has 3 atom stereocenters. The first kappa shape index (κ1) is 13.4. The Hall–Kier alpha value is -0.620. The Morgan fingerprint density at radius 2 is 2.12 bits per heavy atom. The molecule has 1 radical (unpaired) electrons. The Kier molecular flexibility index (Phi) is 5.21. The highest BCUT2D eigenvalue weighted by Crippen LogP contribution is 2.26. The summed E-state index contributed by atoms with van der Waals surface area (Å²) in [6.45, 7) is 4.35. The molecular formula is C10H14BrO5. The first-order chi connectivity index (χ1) is 7.50. The Balaban J connectivity index is 2.55. The highest BCUT2D eigenvalue weighted by molar-refractivity contribution is 9.09. The monoisotopic (exact) mass is 293 g/mol. The number of carbonyl (C=O) groups excluding carboxylic acids is 2. The molecule has 1 aliphatic heterocycles. The van der Waals surface area contributed by atoms with Gasteiger partial charge in [0.2, 0.25) is 0 Å². The molecule has 0 unspecified atom stereocenters. The summed E-state index contributed by atoms with van der Waals surface area (Å²) >= 11 is 3.40. The summed E-state index contributed by atoms with van der Waals surface area (Å²) < 4.78 is 15.3. The third kappa shape index (κ3) is 4.09. The van der Waals surface area contributed by atoms with E-state index >= 15 is 0 Å². The summed E-state index contributed by atoms with van der Waals surface area (Å²) in [6, 6.07) is 0. The van der Waals surface area contributed by atoms with Crippen LogP contribution in [0.15, 0.2) is 0 Å². The lowest BCUT2D eigenvalue weighted by molar-refractivity contribution is -0.163. The quantitative estimate of drug-likeness (QED) is 0.578. The molecule has 0 aliphatic carbocycles. The molecule has 0 aromatic rings. The van der Waals surface area contributed by atoms with E-state index in [0.29, 0.717) is 6.42 Å². The number of rotatable bonds is 3. The number of alkyl halides is 1. The maximum atomic E-state index is 10.9. The smallest absolute Gasteiger partial charge is 0.303 e. The molecule has 0 N–H and O–H groups in total. The number of hydrogen-bond acceptors (Lipinski definition) is 5. The number of halogens is 1.